The summed E-state index contributed by atoms with van der Waals surface area (Å²) in [6, 6.07) is 3.22. The number of non-ortho nitro benzene ring substituents is 1. The Morgan fingerprint density at radius 2 is 1.93 bits per heavy atom. The number of rotatable bonds is 7. The first-order chi connectivity index (χ1) is 13.2. The number of H-pyrrole nitrogens is 1. The number of benzene rings is 1. The molecule has 0 saturated heterocycles. The molecular weight excluding hydrogens is 370 g/mol. The molecule has 0 fully saturated rings. The number of anilines is 1. The molecule has 0 atom stereocenters. The van der Waals surface area contributed by atoms with E-state index in [9.17, 15) is 25.0 Å². The van der Waals surface area contributed by atoms with Crippen molar-refractivity contribution in [3.8, 4) is 0 Å². The number of nitrogens with zero attached hydrogens (tertiary/aromatic N) is 3. The molecule has 0 radical (unpaired) electrons. The number of hydrazone groups is 1. The van der Waals surface area contributed by atoms with Crippen LogP contribution in [0.1, 0.15) is 41.2 Å². The molecule has 0 saturated carbocycles. The van der Waals surface area contributed by atoms with E-state index in [1.165, 1.54) is 6.07 Å². The maximum absolute atomic E-state index is 12.0. The van der Waals surface area contributed by atoms with Crippen LogP contribution in [0, 0.1) is 34.1 Å². The SMILES string of the molecule is CCOC(=O)c1[nH]c(C)c(/C(C)=N/Nc2ccc([N+](=O)[O-])cc2[N+](=O)[O-])c1C. The standard InChI is InChI=1S/C17H19N5O6/c1-5-28-17(23)16-9(2)15(10(3)18-16)11(4)19-20-13-7-6-12(21(24)25)8-14(13)22(26)27/h6-8,18,20H,5H2,1-4H3/b19-11+. The van der Waals surface area contributed by atoms with Gasteiger partial charge in [0.1, 0.15) is 11.4 Å². The molecule has 0 aliphatic heterocycles. The summed E-state index contributed by atoms with van der Waals surface area (Å²) < 4.78 is 5.00. The Labute approximate surface area is 159 Å². The summed E-state index contributed by atoms with van der Waals surface area (Å²) in [5.74, 6) is -0.485. The van der Waals surface area contributed by atoms with Crippen LogP contribution in [0.15, 0.2) is 23.3 Å². The van der Waals surface area contributed by atoms with Gasteiger partial charge in [-0.1, -0.05) is 0 Å². The number of nitro benzene ring substituents is 2. The average molecular weight is 389 g/mol. The summed E-state index contributed by atoms with van der Waals surface area (Å²) >= 11 is 0. The van der Waals surface area contributed by atoms with Crippen LogP contribution >= 0.6 is 0 Å². The number of aromatic amines is 1. The summed E-state index contributed by atoms with van der Waals surface area (Å²) in [5, 5.41) is 26.2. The first kappa shape index (κ1) is 20.6. The second kappa shape index (κ2) is 8.29. The molecule has 0 spiro atoms. The number of nitrogens with one attached hydrogen (secondary N) is 2. The lowest BCUT2D eigenvalue weighted by Gasteiger charge is -2.06. The van der Waals surface area contributed by atoms with Crippen LogP contribution in [0.2, 0.25) is 0 Å². The maximum atomic E-state index is 12.0. The van der Waals surface area contributed by atoms with E-state index in [0.717, 1.165) is 12.1 Å². The molecule has 2 rings (SSSR count). The van der Waals surface area contributed by atoms with Gasteiger partial charge in [0.2, 0.25) is 0 Å². The van der Waals surface area contributed by atoms with E-state index in [0.29, 0.717) is 28.2 Å². The van der Waals surface area contributed by atoms with E-state index >= 15 is 0 Å². The summed E-state index contributed by atoms with van der Waals surface area (Å²) in [5.41, 5.74) is 4.47. The molecule has 2 aromatic rings. The van der Waals surface area contributed by atoms with Gasteiger partial charge >= 0.3 is 11.7 Å². The largest absolute Gasteiger partial charge is 0.461 e. The van der Waals surface area contributed by atoms with Crippen molar-refractivity contribution in [2.45, 2.75) is 27.7 Å². The zero-order chi connectivity index (χ0) is 21.0. The van der Waals surface area contributed by atoms with E-state index in [1.54, 1.807) is 27.7 Å². The molecule has 0 aliphatic rings. The van der Waals surface area contributed by atoms with Crippen molar-refractivity contribution in [3.63, 3.8) is 0 Å². The molecule has 1 aromatic carbocycles. The van der Waals surface area contributed by atoms with E-state index in [-0.39, 0.29) is 12.3 Å². The molecule has 28 heavy (non-hydrogen) atoms. The van der Waals surface area contributed by atoms with Gasteiger partial charge in [0.15, 0.2) is 0 Å². The van der Waals surface area contributed by atoms with Crippen molar-refractivity contribution in [2.75, 3.05) is 12.0 Å². The molecule has 11 heteroatoms. The smallest absolute Gasteiger partial charge is 0.355 e. The number of ether oxygens (including phenoxy) is 1. The summed E-state index contributed by atoms with van der Waals surface area (Å²) in [4.78, 5) is 35.5. The van der Waals surface area contributed by atoms with Gasteiger partial charge in [0.05, 0.1) is 28.2 Å². The third kappa shape index (κ3) is 4.14. The Morgan fingerprint density at radius 3 is 2.50 bits per heavy atom. The number of hydrogen-bond acceptors (Lipinski definition) is 8. The van der Waals surface area contributed by atoms with Gasteiger partial charge < -0.3 is 9.72 Å². The van der Waals surface area contributed by atoms with Gasteiger partial charge in [-0.3, -0.25) is 25.7 Å². The Bertz CT molecular complexity index is 979. The van der Waals surface area contributed by atoms with Gasteiger partial charge in [-0.15, -0.1) is 0 Å². The monoisotopic (exact) mass is 389 g/mol. The van der Waals surface area contributed by atoms with E-state index < -0.39 is 27.2 Å². The van der Waals surface area contributed by atoms with Crippen molar-refractivity contribution in [2.24, 2.45) is 5.10 Å². The van der Waals surface area contributed by atoms with Gasteiger partial charge in [0, 0.05) is 17.3 Å². The fourth-order valence-corrected chi connectivity index (χ4v) is 2.78. The van der Waals surface area contributed by atoms with E-state index in [2.05, 4.69) is 15.5 Å². The number of esters is 1. The minimum absolute atomic E-state index is 0.00593. The van der Waals surface area contributed by atoms with Gasteiger partial charge in [-0.25, -0.2) is 4.79 Å². The third-order valence-electron chi connectivity index (χ3n) is 4.01. The fourth-order valence-electron chi connectivity index (χ4n) is 2.78. The van der Waals surface area contributed by atoms with Crippen LogP contribution in [-0.2, 0) is 4.74 Å². The normalized spacial score (nSPS) is 11.2. The maximum Gasteiger partial charge on any atom is 0.355 e. The van der Waals surface area contributed by atoms with Crippen LogP contribution < -0.4 is 5.43 Å². The summed E-state index contributed by atoms with van der Waals surface area (Å²) in [6.45, 7) is 7.11. The highest BCUT2D eigenvalue weighted by molar-refractivity contribution is 6.04. The molecule has 148 valence electrons. The molecule has 0 aliphatic carbocycles. The number of aromatic nitrogens is 1. The molecule has 1 aromatic heterocycles. The van der Waals surface area contributed by atoms with Gasteiger partial charge in [0.25, 0.3) is 5.69 Å². The van der Waals surface area contributed by atoms with Crippen LogP contribution in [-0.4, -0.2) is 33.1 Å². The zero-order valence-corrected chi connectivity index (χ0v) is 15.7. The minimum Gasteiger partial charge on any atom is -0.461 e. The Hall–Kier alpha value is -3.76. The van der Waals surface area contributed by atoms with Crippen molar-refractivity contribution in [3.05, 3.63) is 60.9 Å². The highest BCUT2D eigenvalue weighted by Crippen LogP contribution is 2.29. The Morgan fingerprint density at radius 1 is 1.25 bits per heavy atom. The zero-order valence-electron chi connectivity index (χ0n) is 15.7. The lowest BCUT2D eigenvalue weighted by molar-refractivity contribution is -0.393. The van der Waals surface area contributed by atoms with Crippen molar-refractivity contribution in [1.29, 1.82) is 0 Å². The number of carbonyl (C=O) groups excluding carboxylic acids is 1. The lowest BCUT2D eigenvalue weighted by atomic mass is 10.1. The molecule has 11 nitrogen and oxygen atoms in total. The molecule has 0 unspecified atom stereocenters. The van der Waals surface area contributed by atoms with E-state index in [1.807, 2.05) is 0 Å². The minimum atomic E-state index is -0.730. The predicted octanol–water partition coefficient (Wildman–Crippen LogP) is 3.46. The molecule has 1 heterocycles. The van der Waals surface area contributed by atoms with Gasteiger partial charge in [-0.2, -0.15) is 5.10 Å². The molecule has 0 bridgehead atoms. The molecule has 2 N–H and O–H groups in total. The summed E-state index contributed by atoms with van der Waals surface area (Å²) in [7, 11) is 0. The van der Waals surface area contributed by atoms with Crippen LogP contribution in [0.3, 0.4) is 0 Å². The predicted molar refractivity (Wildman–Crippen MR) is 102 cm³/mol. The first-order valence-electron chi connectivity index (χ1n) is 8.27. The fraction of sp³-hybridized carbons (Fsp3) is 0.294. The second-order valence-electron chi connectivity index (χ2n) is 5.87. The number of carbonyl (C=O) groups is 1. The molecular formula is C17H19N5O6. The second-order valence-corrected chi connectivity index (χ2v) is 5.87. The van der Waals surface area contributed by atoms with Crippen LogP contribution in [0.5, 0.6) is 0 Å². The topological polar surface area (TPSA) is 153 Å². The van der Waals surface area contributed by atoms with E-state index in [4.69, 9.17) is 4.74 Å². The first-order valence-corrected chi connectivity index (χ1v) is 8.27. The van der Waals surface area contributed by atoms with Crippen LogP contribution in [0.4, 0.5) is 17.1 Å². The summed E-state index contributed by atoms with van der Waals surface area (Å²) in [6.07, 6.45) is 0. The highest BCUT2D eigenvalue weighted by atomic mass is 16.6. The van der Waals surface area contributed by atoms with Gasteiger partial charge in [-0.05, 0) is 39.3 Å². The van der Waals surface area contributed by atoms with Crippen molar-refractivity contribution in [1.82, 2.24) is 4.98 Å². The molecule has 0 amide bonds. The highest BCUT2D eigenvalue weighted by Gasteiger charge is 2.21. The average Bonchev–Trinajstić information content (AvgIpc) is 2.94. The Kier molecular flexibility index (Phi) is 6.08. The van der Waals surface area contributed by atoms with Crippen molar-refractivity contribution >= 4 is 28.7 Å². The van der Waals surface area contributed by atoms with Crippen molar-refractivity contribution < 1.29 is 19.4 Å². The Balaban J connectivity index is 2.37. The quantitative estimate of drug-likeness (QED) is 0.318. The number of hydrogen-bond donors (Lipinski definition) is 2. The third-order valence-corrected chi connectivity index (χ3v) is 4.01. The lowest BCUT2D eigenvalue weighted by Crippen LogP contribution is -2.07. The van der Waals surface area contributed by atoms with Crippen LogP contribution in [0.25, 0.3) is 0 Å². The number of aryl methyl sites for hydroxylation is 1. The number of nitro groups is 2.